The summed E-state index contributed by atoms with van der Waals surface area (Å²) >= 11 is 0. The largest absolute Gasteiger partial charge is 0.274 e. The van der Waals surface area contributed by atoms with Gasteiger partial charge in [-0.3, -0.25) is 14.5 Å². The quantitative estimate of drug-likeness (QED) is 0.291. The van der Waals surface area contributed by atoms with Crippen molar-refractivity contribution < 1.29 is 9.59 Å². The van der Waals surface area contributed by atoms with Gasteiger partial charge in [0.15, 0.2) is 0 Å². The van der Waals surface area contributed by atoms with Crippen molar-refractivity contribution in [3.63, 3.8) is 0 Å². The smallest absolute Gasteiger partial charge is 0.240 e. The molecule has 1 aliphatic rings. The number of carbonyl (C=O) groups is 2. The SMILES string of the molecule is CCCCCCCCCCC=CC1CC(=O)N(C=C(C)C)C1=O. The van der Waals surface area contributed by atoms with Gasteiger partial charge in [-0.2, -0.15) is 0 Å². The van der Waals surface area contributed by atoms with Crippen LogP contribution in [-0.2, 0) is 9.59 Å². The van der Waals surface area contributed by atoms with E-state index in [4.69, 9.17) is 0 Å². The number of imide groups is 1. The lowest BCUT2D eigenvalue weighted by Crippen LogP contribution is -2.24. The van der Waals surface area contributed by atoms with E-state index in [1.54, 1.807) is 6.20 Å². The fourth-order valence-electron chi connectivity index (χ4n) is 2.88. The van der Waals surface area contributed by atoms with Crippen LogP contribution >= 0.6 is 0 Å². The van der Waals surface area contributed by atoms with Crippen molar-refractivity contribution in [3.8, 4) is 0 Å². The van der Waals surface area contributed by atoms with Gasteiger partial charge in [0, 0.05) is 12.6 Å². The number of nitrogens with zero attached hydrogens (tertiary/aromatic N) is 1. The zero-order valence-corrected chi connectivity index (χ0v) is 15.1. The summed E-state index contributed by atoms with van der Waals surface area (Å²) in [7, 11) is 0. The van der Waals surface area contributed by atoms with Crippen molar-refractivity contribution in [2.45, 2.75) is 85.0 Å². The first-order chi connectivity index (χ1) is 11.1. The van der Waals surface area contributed by atoms with E-state index in [-0.39, 0.29) is 17.7 Å². The molecule has 0 spiro atoms. The first-order valence-electron chi connectivity index (χ1n) is 9.23. The zero-order chi connectivity index (χ0) is 17.1. The lowest BCUT2D eigenvalue weighted by molar-refractivity contribution is -0.135. The van der Waals surface area contributed by atoms with Gasteiger partial charge in [-0.05, 0) is 26.7 Å². The van der Waals surface area contributed by atoms with Crippen molar-refractivity contribution in [2.24, 2.45) is 5.92 Å². The molecule has 1 fully saturated rings. The van der Waals surface area contributed by atoms with Gasteiger partial charge >= 0.3 is 0 Å². The minimum absolute atomic E-state index is 0.0802. The van der Waals surface area contributed by atoms with Gasteiger partial charge < -0.3 is 0 Å². The highest BCUT2D eigenvalue weighted by Gasteiger charge is 2.35. The molecule has 0 saturated carbocycles. The fourth-order valence-corrected chi connectivity index (χ4v) is 2.88. The van der Waals surface area contributed by atoms with Crippen LogP contribution in [0.25, 0.3) is 0 Å². The van der Waals surface area contributed by atoms with Crippen molar-refractivity contribution in [2.75, 3.05) is 0 Å². The Bertz CT molecular complexity index is 433. The third kappa shape index (κ3) is 7.62. The van der Waals surface area contributed by atoms with Crippen LogP contribution in [0.1, 0.15) is 85.0 Å². The standard InChI is InChI=1S/C20H33NO2/c1-4-5-6-7-8-9-10-11-12-13-14-18-15-19(22)21(20(18)23)16-17(2)3/h13-14,16,18H,4-12,15H2,1-3H3. The second-order valence-electron chi connectivity index (χ2n) is 6.81. The van der Waals surface area contributed by atoms with Crippen molar-refractivity contribution in [1.29, 1.82) is 0 Å². The Morgan fingerprint density at radius 1 is 1.04 bits per heavy atom. The first-order valence-corrected chi connectivity index (χ1v) is 9.23. The van der Waals surface area contributed by atoms with Crippen LogP contribution in [0.4, 0.5) is 0 Å². The summed E-state index contributed by atoms with van der Waals surface area (Å²) in [5, 5.41) is 0. The van der Waals surface area contributed by atoms with Crippen LogP contribution in [0.2, 0.25) is 0 Å². The molecule has 1 aliphatic heterocycles. The molecule has 0 aromatic carbocycles. The van der Waals surface area contributed by atoms with Gasteiger partial charge in [0.05, 0.1) is 5.92 Å². The van der Waals surface area contributed by atoms with Crippen LogP contribution in [0.3, 0.4) is 0 Å². The van der Waals surface area contributed by atoms with E-state index >= 15 is 0 Å². The zero-order valence-electron chi connectivity index (χ0n) is 15.1. The third-order valence-corrected chi connectivity index (χ3v) is 4.20. The molecule has 0 aromatic heterocycles. The number of unbranched alkanes of at least 4 members (excludes halogenated alkanes) is 8. The van der Waals surface area contributed by atoms with Crippen molar-refractivity contribution in [1.82, 2.24) is 4.90 Å². The summed E-state index contributed by atoms with van der Waals surface area (Å²) in [4.78, 5) is 25.3. The summed E-state index contributed by atoms with van der Waals surface area (Å²) in [6, 6.07) is 0. The number of amides is 2. The van der Waals surface area contributed by atoms with Gasteiger partial charge in [0.2, 0.25) is 11.8 Å². The summed E-state index contributed by atoms with van der Waals surface area (Å²) < 4.78 is 0. The maximum absolute atomic E-state index is 12.2. The molecule has 1 heterocycles. The Morgan fingerprint density at radius 3 is 2.26 bits per heavy atom. The highest BCUT2D eigenvalue weighted by atomic mass is 16.2. The molecule has 1 unspecified atom stereocenters. The molecule has 0 aromatic rings. The molecule has 1 rings (SSSR count). The first kappa shape index (κ1) is 19.7. The Hall–Kier alpha value is -1.38. The molecule has 3 nitrogen and oxygen atoms in total. The number of rotatable bonds is 11. The molecule has 0 aliphatic carbocycles. The average Bonchev–Trinajstić information content (AvgIpc) is 2.76. The van der Waals surface area contributed by atoms with E-state index in [1.807, 2.05) is 19.9 Å². The normalized spacial score (nSPS) is 18.2. The lowest BCUT2D eigenvalue weighted by atomic mass is 10.0. The summed E-state index contributed by atoms with van der Waals surface area (Å²) in [5.74, 6) is -0.423. The topological polar surface area (TPSA) is 37.4 Å². The third-order valence-electron chi connectivity index (χ3n) is 4.20. The molecular weight excluding hydrogens is 286 g/mol. The van der Waals surface area contributed by atoms with Crippen LogP contribution < -0.4 is 0 Å². The van der Waals surface area contributed by atoms with Crippen LogP contribution in [0.5, 0.6) is 0 Å². The van der Waals surface area contributed by atoms with Crippen molar-refractivity contribution >= 4 is 11.8 Å². The minimum Gasteiger partial charge on any atom is -0.274 e. The second kappa shape index (κ2) is 11.2. The average molecular weight is 319 g/mol. The van der Waals surface area contributed by atoms with Gasteiger partial charge in [0.1, 0.15) is 0 Å². The van der Waals surface area contributed by atoms with Crippen LogP contribution in [-0.4, -0.2) is 16.7 Å². The van der Waals surface area contributed by atoms with E-state index in [2.05, 4.69) is 13.0 Å². The van der Waals surface area contributed by atoms with E-state index in [1.165, 1.54) is 56.3 Å². The van der Waals surface area contributed by atoms with Gasteiger partial charge in [-0.1, -0.05) is 69.6 Å². The maximum atomic E-state index is 12.2. The van der Waals surface area contributed by atoms with E-state index in [0.717, 1.165) is 12.0 Å². The highest BCUT2D eigenvalue weighted by molar-refractivity contribution is 6.05. The van der Waals surface area contributed by atoms with Crippen LogP contribution in [0, 0.1) is 5.92 Å². The predicted molar refractivity (Wildman–Crippen MR) is 95.8 cm³/mol. The summed E-state index contributed by atoms with van der Waals surface area (Å²) in [6.07, 6.45) is 17.5. The Kier molecular flexibility index (Phi) is 9.58. The highest BCUT2D eigenvalue weighted by Crippen LogP contribution is 2.22. The molecule has 23 heavy (non-hydrogen) atoms. The Morgan fingerprint density at radius 2 is 1.65 bits per heavy atom. The molecule has 130 valence electrons. The molecule has 1 saturated heterocycles. The summed E-state index contributed by atoms with van der Waals surface area (Å²) in [5.41, 5.74) is 0.968. The molecule has 0 bridgehead atoms. The Labute approximate surface area is 141 Å². The van der Waals surface area contributed by atoms with Crippen LogP contribution in [0.15, 0.2) is 23.9 Å². The molecule has 3 heteroatoms. The molecular formula is C20H33NO2. The summed E-state index contributed by atoms with van der Waals surface area (Å²) in [6.45, 7) is 6.03. The minimum atomic E-state index is -0.257. The number of allylic oxidation sites excluding steroid dienone is 2. The Balaban J connectivity index is 2.17. The number of carbonyl (C=O) groups excluding carboxylic acids is 2. The molecule has 1 atom stereocenters. The second-order valence-corrected chi connectivity index (χ2v) is 6.81. The fraction of sp³-hybridized carbons (Fsp3) is 0.700. The monoisotopic (exact) mass is 319 g/mol. The maximum Gasteiger partial charge on any atom is 0.240 e. The molecule has 0 radical (unpaired) electrons. The van der Waals surface area contributed by atoms with Gasteiger partial charge in [-0.15, -0.1) is 0 Å². The molecule has 0 N–H and O–H groups in total. The molecule has 2 amide bonds. The van der Waals surface area contributed by atoms with Crippen molar-refractivity contribution in [3.05, 3.63) is 23.9 Å². The lowest BCUT2D eigenvalue weighted by Gasteiger charge is -2.08. The van der Waals surface area contributed by atoms with Gasteiger partial charge in [-0.25, -0.2) is 0 Å². The predicted octanol–water partition coefficient (Wildman–Crippen LogP) is 5.37. The number of hydrogen-bond acceptors (Lipinski definition) is 2. The number of hydrogen-bond donors (Lipinski definition) is 0. The van der Waals surface area contributed by atoms with Gasteiger partial charge in [0.25, 0.3) is 0 Å². The number of likely N-dealkylation sites (tertiary alicyclic amines) is 1. The van der Waals surface area contributed by atoms with E-state index in [9.17, 15) is 9.59 Å². The van der Waals surface area contributed by atoms with E-state index < -0.39 is 0 Å². The van der Waals surface area contributed by atoms with E-state index in [0.29, 0.717) is 6.42 Å².